The quantitative estimate of drug-likeness (QED) is 0.882. The molecule has 2 bridgehead atoms. The third-order valence-corrected chi connectivity index (χ3v) is 5.30. The number of nitrogens with zero attached hydrogens (tertiary/aromatic N) is 2. The summed E-state index contributed by atoms with van der Waals surface area (Å²) in [5.41, 5.74) is 1.22. The second-order valence-electron chi connectivity index (χ2n) is 6.52. The molecule has 2 aromatic rings. The summed E-state index contributed by atoms with van der Waals surface area (Å²) in [5, 5.41) is 2.91. The second-order valence-corrected chi connectivity index (χ2v) is 6.52. The highest BCUT2D eigenvalue weighted by molar-refractivity contribution is 5.58. The number of rotatable bonds is 4. The van der Waals surface area contributed by atoms with Crippen LogP contribution in [0.5, 0.6) is 0 Å². The molecule has 4 rings (SSSR count). The van der Waals surface area contributed by atoms with Gasteiger partial charge in [-0.15, -0.1) is 0 Å². The van der Waals surface area contributed by atoms with E-state index in [-0.39, 0.29) is 0 Å². The number of fused-ring (bicyclic) bond motifs is 2. The molecule has 0 aliphatic heterocycles. The Labute approximate surface area is 132 Å². The van der Waals surface area contributed by atoms with Gasteiger partial charge in [0.05, 0.1) is 12.0 Å². The first-order valence-corrected chi connectivity index (χ1v) is 7.84. The number of carbonyl (C=O) groups excluding carboxylic acids is 1. The van der Waals surface area contributed by atoms with Crippen LogP contribution in [0.1, 0.15) is 25.3 Å². The van der Waals surface area contributed by atoms with Crippen molar-refractivity contribution < 1.29 is 13.6 Å². The number of benzene rings is 1. The van der Waals surface area contributed by atoms with Crippen molar-refractivity contribution in [2.75, 3.05) is 0 Å². The number of imidazole rings is 1. The van der Waals surface area contributed by atoms with Crippen molar-refractivity contribution in [1.82, 2.24) is 14.9 Å². The van der Waals surface area contributed by atoms with E-state index in [1.807, 2.05) is 6.20 Å². The Morgan fingerprint density at radius 1 is 1.17 bits per heavy atom. The number of hydrogen-bond donors (Lipinski definition) is 1. The van der Waals surface area contributed by atoms with Gasteiger partial charge in [0, 0.05) is 23.8 Å². The zero-order chi connectivity index (χ0) is 16.0. The van der Waals surface area contributed by atoms with E-state index in [1.165, 1.54) is 12.1 Å². The van der Waals surface area contributed by atoms with Crippen LogP contribution in [0, 0.1) is 23.5 Å². The first kappa shape index (κ1) is 14.4. The second kappa shape index (κ2) is 5.44. The normalized spacial score (nSPS) is 29.0. The summed E-state index contributed by atoms with van der Waals surface area (Å²) in [6, 6.07) is 4.50. The van der Waals surface area contributed by atoms with E-state index in [0.29, 0.717) is 35.2 Å². The van der Waals surface area contributed by atoms with E-state index in [1.54, 1.807) is 6.33 Å². The molecule has 0 saturated heterocycles. The van der Waals surface area contributed by atoms with Gasteiger partial charge in [0.2, 0.25) is 6.41 Å². The molecule has 23 heavy (non-hydrogen) atoms. The number of nitrogens with one attached hydrogen (secondary N) is 1. The minimum absolute atomic E-state index is 0.294. The summed E-state index contributed by atoms with van der Waals surface area (Å²) in [7, 11) is 0. The maximum absolute atomic E-state index is 13.4. The van der Waals surface area contributed by atoms with Crippen LogP contribution >= 0.6 is 0 Å². The molecule has 1 N–H and O–H groups in total. The molecule has 1 amide bonds. The molecular formula is C17H17F2N3O. The first-order valence-electron chi connectivity index (χ1n) is 7.84. The van der Waals surface area contributed by atoms with Gasteiger partial charge in [-0.2, -0.15) is 0 Å². The maximum atomic E-state index is 13.4. The average Bonchev–Trinajstić information content (AvgIpc) is 3.24. The van der Waals surface area contributed by atoms with Gasteiger partial charge >= 0.3 is 0 Å². The smallest absolute Gasteiger partial charge is 0.207 e. The van der Waals surface area contributed by atoms with Crippen LogP contribution in [0.2, 0.25) is 0 Å². The number of halogens is 2. The molecule has 4 nitrogen and oxygen atoms in total. The highest BCUT2D eigenvalue weighted by Gasteiger charge is 2.46. The monoisotopic (exact) mass is 317 g/mol. The summed E-state index contributed by atoms with van der Waals surface area (Å²) in [4.78, 5) is 15.0. The van der Waals surface area contributed by atoms with Crippen molar-refractivity contribution in [3.8, 4) is 11.3 Å². The lowest BCUT2D eigenvalue weighted by Gasteiger charge is -2.28. The van der Waals surface area contributed by atoms with Crippen molar-refractivity contribution in [1.29, 1.82) is 0 Å². The Kier molecular flexibility index (Phi) is 3.39. The number of amides is 1. The third-order valence-electron chi connectivity index (χ3n) is 5.30. The maximum Gasteiger partial charge on any atom is 0.207 e. The molecular weight excluding hydrogens is 300 g/mol. The zero-order valence-corrected chi connectivity index (χ0v) is 12.5. The van der Waals surface area contributed by atoms with Crippen LogP contribution in [0.15, 0.2) is 30.7 Å². The Balaban J connectivity index is 1.53. The summed E-state index contributed by atoms with van der Waals surface area (Å²) >= 11 is 0. The van der Waals surface area contributed by atoms with Gasteiger partial charge in [0.15, 0.2) is 11.6 Å². The highest BCUT2D eigenvalue weighted by Crippen LogP contribution is 2.50. The molecule has 2 aliphatic rings. The minimum Gasteiger partial charge on any atom is -0.356 e. The van der Waals surface area contributed by atoms with Gasteiger partial charge in [-0.3, -0.25) is 4.79 Å². The van der Waals surface area contributed by atoms with Crippen LogP contribution in [0.4, 0.5) is 8.78 Å². The zero-order valence-electron chi connectivity index (χ0n) is 12.5. The van der Waals surface area contributed by atoms with Crippen LogP contribution in [-0.2, 0) is 4.79 Å². The van der Waals surface area contributed by atoms with Gasteiger partial charge in [0.25, 0.3) is 0 Å². The molecule has 0 spiro atoms. The molecule has 120 valence electrons. The molecule has 2 saturated carbocycles. The van der Waals surface area contributed by atoms with Crippen molar-refractivity contribution in [3.05, 3.63) is 42.4 Å². The van der Waals surface area contributed by atoms with Crippen molar-refractivity contribution in [3.63, 3.8) is 0 Å². The largest absolute Gasteiger partial charge is 0.356 e. The fraction of sp³-hybridized carbons (Fsp3) is 0.412. The Bertz CT molecular complexity index is 745. The molecule has 4 atom stereocenters. The minimum atomic E-state index is -0.861. The Morgan fingerprint density at radius 2 is 2.04 bits per heavy atom. The van der Waals surface area contributed by atoms with E-state index >= 15 is 0 Å². The van der Waals surface area contributed by atoms with Gasteiger partial charge in [-0.1, -0.05) is 0 Å². The van der Waals surface area contributed by atoms with E-state index in [9.17, 15) is 13.6 Å². The van der Waals surface area contributed by atoms with E-state index in [2.05, 4.69) is 14.9 Å². The standard InChI is InChI=1S/C17H17F2N3O/c18-13-2-1-10(4-14(13)19)16-7-22(8-20-16)17-6-11-3-12(17)5-15(11)21-9-23/h1-2,4,7-9,11-12,15,17H,3,5-6H2,(H,21,23). The fourth-order valence-electron chi connectivity index (χ4n) is 4.22. The van der Waals surface area contributed by atoms with Gasteiger partial charge in [-0.25, -0.2) is 13.8 Å². The summed E-state index contributed by atoms with van der Waals surface area (Å²) in [6.45, 7) is 0. The summed E-state index contributed by atoms with van der Waals surface area (Å²) in [6.07, 6.45) is 7.59. The molecule has 2 aliphatic carbocycles. The number of aromatic nitrogens is 2. The third kappa shape index (κ3) is 2.42. The van der Waals surface area contributed by atoms with Crippen LogP contribution in [0.3, 0.4) is 0 Å². The first-order chi connectivity index (χ1) is 11.2. The van der Waals surface area contributed by atoms with Crippen LogP contribution < -0.4 is 5.32 Å². The lowest BCUT2D eigenvalue weighted by atomic mass is 9.91. The van der Waals surface area contributed by atoms with Crippen molar-refractivity contribution >= 4 is 6.41 Å². The van der Waals surface area contributed by atoms with Crippen molar-refractivity contribution in [2.24, 2.45) is 11.8 Å². The molecule has 4 unspecified atom stereocenters. The Hall–Kier alpha value is -2.24. The predicted molar refractivity (Wildman–Crippen MR) is 80.4 cm³/mol. The van der Waals surface area contributed by atoms with Gasteiger partial charge in [0.1, 0.15) is 0 Å². The lowest BCUT2D eigenvalue weighted by Crippen LogP contribution is -2.35. The molecule has 1 aromatic heterocycles. The van der Waals surface area contributed by atoms with Gasteiger partial charge in [-0.05, 0) is 49.3 Å². The van der Waals surface area contributed by atoms with Gasteiger partial charge < -0.3 is 9.88 Å². The lowest BCUT2D eigenvalue weighted by molar-refractivity contribution is -0.110. The van der Waals surface area contributed by atoms with E-state index < -0.39 is 11.6 Å². The van der Waals surface area contributed by atoms with E-state index in [0.717, 1.165) is 31.7 Å². The molecule has 6 heteroatoms. The SMILES string of the molecule is O=CNC1CC2CC1CC2n1cnc(-c2ccc(F)c(F)c2)c1. The van der Waals surface area contributed by atoms with Crippen LogP contribution in [-0.4, -0.2) is 22.0 Å². The molecule has 1 aromatic carbocycles. The molecule has 2 fully saturated rings. The van der Waals surface area contributed by atoms with Crippen molar-refractivity contribution in [2.45, 2.75) is 31.3 Å². The number of hydrogen-bond acceptors (Lipinski definition) is 2. The predicted octanol–water partition coefficient (Wildman–Crippen LogP) is 2.91. The number of carbonyl (C=O) groups is 1. The van der Waals surface area contributed by atoms with Crippen LogP contribution in [0.25, 0.3) is 11.3 Å². The summed E-state index contributed by atoms with van der Waals surface area (Å²) < 4.78 is 28.5. The fourth-order valence-corrected chi connectivity index (χ4v) is 4.22. The molecule has 0 radical (unpaired) electrons. The molecule has 1 heterocycles. The average molecular weight is 317 g/mol. The topological polar surface area (TPSA) is 46.9 Å². The highest BCUT2D eigenvalue weighted by atomic mass is 19.2. The Morgan fingerprint density at radius 3 is 2.74 bits per heavy atom. The van der Waals surface area contributed by atoms with E-state index in [4.69, 9.17) is 0 Å². The summed E-state index contributed by atoms with van der Waals surface area (Å²) in [5.74, 6) is -0.663.